The smallest absolute Gasteiger partial charge is 0.161 e. The van der Waals surface area contributed by atoms with Gasteiger partial charge in [-0.2, -0.15) is 0 Å². The zero-order chi connectivity index (χ0) is 15.2. The number of aliphatic hydroxyl groups is 1. The van der Waals surface area contributed by atoms with Crippen LogP contribution in [0.15, 0.2) is 24.3 Å². The van der Waals surface area contributed by atoms with Crippen molar-refractivity contribution in [3.63, 3.8) is 0 Å². The molecule has 1 aromatic carbocycles. The highest BCUT2D eigenvalue weighted by atomic mass is 16.5. The molecular formula is C16H26N2O3. The summed E-state index contributed by atoms with van der Waals surface area (Å²) in [5.41, 5.74) is 0. The Morgan fingerprint density at radius 2 is 2.00 bits per heavy atom. The number of rotatable bonds is 7. The fourth-order valence-corrected chi connectivity index (χ4v) is 2.85. The largest absolute Gasteiger partial charge is 0.493 e. The molecule has 21 heavy (non-hydrogen) atoms. The molecule has 1 saturated heterocycles. The van der Waals surface area contributed by atoms with Gasteiger partial charge in [0.05, 0.1) is 13.2 Å². The lowest BCUT2D eigenvalue weighted by atomic mass is 10.2. The number of likely N-dealkylation sites (tertiary alicyclic amines) is 1. The maximum absolute atomic E-state index is 9.86. The lowest BCUT2D eigenvalue weighted by Crippen LogP contribution is -2.39. The molecule has 5 nitrogen and oxygen atoms in total. The van der Waals surface area contributed by atoms with E-state index in [1.165, 1.54) is 0 Å². The molecule has 1 aromatic rings. The van der Waals surface area contributed by atoms with Crippen molar-refractivity contribution in [3.8, 4) is 11.5 Å². The summed E-state index contributed by atoms with van der Waals surface area (Å²) >= 11 is 0. The van der Waals surface area contributed by atoms with Crippen molar-refractivity contribution in [2.45, 2.75) is 18.6 Å². The van der Waals surface area contributed by atoms with Crippen molar-refractivity contribution < 1.29 is 14.6 Å². The minimum absolute atomic E-state index is 0.221. The molecule has 0 aromatic heterocycles. The number of likely N-dealkylation sites (N-methyl/N-ethyl adjacent to an activating group) is 1. The van der Waals surface area contributed by atoms with Crippen molar-refractivity contribution in [1.82, 2.24) is 9.80 Å². The Morgan fingerprint density at radius 3 is 2.67 bits per heavy atom. The standard InChI is InChI=1S/C16H26N2O3/c1-17(2)11-13-10-14(19)12-18(13)8-9-21-16-7-5-4-6-15(16)20-3/h4-7,13-14,19H,8-12H2,1-3H3. The van der Waals surface area contributed by atoms with Crippen LogP contribution in [-0.2, 0) is 0 Å². The van der Waals surface area contributed by atoms with E-state index in [2.05, 4.69) is 23.9 Å². The fraction of sp³-hybridized carbons (Fsp3) is 0.625. The molecule has 2 unspecified atom stereocenters. The SMILES string of the molecule is COc1ccccc1OCCN1CC(O)CC1CN(C)C. The van der Waals surface area contributed by atoms with Gasteiger partial charge in [-0.1, -0.05) is 12.1 Å². The molecule has 1 heterocycles. The number of nitrogens with zero attached hydrogens (tertiary/aromatic N) is 2. The molecule has 2 rings (SSSR count). The molecule has 0 amide bonds. The minimum atomic E-state index is -0.221. The topological polar surface area (TPSA) is 45.2 Å². The summed E-state index contributed by atoms with van der Waals surface area (Å²) in [7, 11) is 5.77. The van der Waals surface area contributed by atoms with Crippen LogP contribution in [0.25, 0.3) is 0 Å². The van der Waals surface area contributed by atoms with Crippen LogP contribution in [0.1, 0.15) is 6.42 Å². The van der Waals surface area contributed by atoms with Gasteiger partial charge >= 0.3 is 0 Å². The molecule has 2 atom stereocenters. The fourth-order valence-electron chi connectivity index (χ4n) is 2.85. The third-order valence-corrected chi connectivity index (χ3v) is 3.79. The van der Waals surface area contributed by atoms with Gasteiger partial charge in [0, 0.05) is 25.7 Å². The number of hydrogen-bond donors (Lipinski definition) is 1. The Hall–Kier alpha value is -1.30. The average molecular weight is 294 g/mol. The van der Waals surface area contributed by atoms with E-state index in [0.717, 1.165) is 37.6 Å². The predicted octanol–water partition coefficient (Wildman–Crippen LogP) is 1.07. The van der Waals surface area contributed by atoms with E-state index in [-0.39, 0.29) is 6.10 Å². The first-order valence-electron chi connectivity index (χ1n) is 7.43. The van der Waals surface area contributed by atoms with Crippen molar-refractivity contribution in [2.75, 3.05) is 47.4 Å². The van der Waals surface area contributed by atoms with Crippen LogP contribution in [0.5, 0.6) is 11.5 Å². The van der Waals surface area contributed by atoms with E-state index in [1.54, 1.807) is 7.11 Å². The van der Waals surface area contributed by atoms with Gasteiger partial charge in [-0.3, -0.25) is 4.90 Å². The molecule has 1 aliphatic rings. The summed E-state index contributed by atoms with van der Waals surface area (Å²) in [6.45, 7) is 3.10. The van der Waals surface area contributed by atoms with Gasteiger partial charge in [0.25, 0.3) is 0 Å². The van der Waals surface area contributed by atoms with Crippen molar-refractivity contribution in [2.24, 2.45) is 0 Å². The summed E-state index contributed by atoms with van der Waals surface area (Å²) in [5, 5.41) is 9.86. The average Bonchev–Trinajstić information content (AvgIpc) is 2.78. The van der Waals surface area contributed by atoms with E-state index < -0.39 is 0 Å². The van der Waals surface area contributed by atoms with Crippen molar-refractivity contribution >= 4 is 0 Å². The number of hydrogen-bond acceptors (Lipinski definition) is 5. The van der Waals surface area contributed by atoms with Gasteiger partial charge in [-0.05, 0) is 32.6 Å². The predicted molar refractivity (Wildman–Crippen MR) is 83.0 cm³/mol. The van der Waals surface area contributed by atoms with Crippen LogP contribution in [0.4, 0.5) is 0 Å². The summed E-state index contributed by atoms with van der Waals surface area (Å²) in [4.78, 5) is 4.47. The zero-order valence-corrected chi connectivity index (χ0v) is 13.2. The lowest BCUT2D eigenvalue weighted by molar-refractivity contribution is 0.154. The van der Waals surface area contributed by atoms with E-state index in [4.69, 9.17) is 9.47 Å². The van der Waals surface area contributed by atoms with E-state index in [9.17, 15) is 5.11 Å². The van der Waals surface area contributed by atoms with Crippen LogP contribution in [0.2, 0.25) is 0 Å². The second kappa shape index (κ2) is 7.64. The van der Waals surface area contributed by atoms with Gasteiger partial charge in [0.15, 0.2) is 11.5 Å². The van der Waals surface area contributed by atoms with E-state index in [0.29, 0.717) is 12.6 Å². The number of methoxy groups -OCH3 is 1. The number of aliphatic hydroxyl groups excluding tert-OH is 1. The molecule has 118 valence electrons. The third-order valence-electron chi connectivity index (χ3n) is 3.79. The molecule has 0 aliphatic carbocycles. The third kappa shape index (κ3) is 4.59. The maximum Gasteiger partial charge on any atom is 0.161 e. The van der Waals surface area contributed by atoms with Gasteiger partial charge in [-0.15, -0.1) is 0 Å². The van der Waals surface area contributed by atoms with Crippen LogP contribution in [0.3, 0.4) is 0 Å². The highest BCUT2D eigenvalue weighted by molar-refractivity contribution is 5.39. The Balaban J connectivity index is 1.84. The first-order valence-corrected chi connectivity index (χ1v) is 7.43. The minimum Gasteiger partial charge on any atom is -0.493 e. The Labute approximate surface area is 127 Å². The maximum atomic E-state index is 9.86. The van der Waals surface area contributed by atoms with Crippen LogP contribution >= 0.6 is 0 Å². The lowest BCUT2D eigenvalue weighted by Gasteiger charge is -2.26. The second-order valence-electron chi connectivity index (χ2n) is 5.80. The normalized spacial score (nSPS) is 22.7. The van der Waals surface area contributed by atoms with E-state index >= 15 is 0 Å². The van der Waals surface area contributed by atoms with Crippen LogP contribution < -0.4 is 9.47 Å². The number of β-amino-alcohol motifs (C(OH)–C–C–N with tert-alkyl or cyclic N) is 1. The van der Waals surface area contributed by atoms with Crippen LogP contribution in [0, 0.1) is 0 Å². The quantitative estimate of drug-likeness (QED) is 0.815. The van der Waals surface area contributed by atoms with Crippen molar-refractivity contribution in [3.05, 3.63) is 24.3 Å². The summed E-state index contributed by atoms with van der Waals surface area (Å²) < 4.78 is 11.1. The van der Waals surface area contributed by atoms with Gasteiger partial charge < -0.3 is 19.5 Å². The van der Waals surface area contributed by atoms with Gasteiger partial charge in [0.2, 0.25) is 0 Å². The molecule has 1 aliphatic heterocycles. The Morgan fingerprint density at radius 1 is 1.29 bits per heavy atom. The first-order chi connectivity index (χ1) is 10.1. The Bertz CT molecular complexity index is 439. The Kier molecular flexibility index (Phi) is 5.85. The molecule has 0 saturated carbocycles. The highest BCUT2D eigenvalue weighted by Crippen LogP contribution is 2.26. The summed E-state index contributed by atoms with van der Waals surface area (Å²) in [6, 6.07) is 8.07. The highest BCUT2D eigenvalue weighted by Gasteiger charge is 2.30. The number of ether oxygens (including phenoxy) is 2. The van der Waals surface area contributed by atoms with Gasteiger partial charge in [0.1, 0.15) is 6.61 Å². The molecule has 0 bridgehead atoms. The monoisotopic (exact) mass is 294 g/mol. The molecule has 1 fully saturated rings. The summed E-state index contributed by atoms with van der Waals surface area (Å²) in [6.07, 6.45) is 0.619. The van der Waals surface area contributed by atoms with Crippen molar-refractivity contribution in [1.29, 1.82) is 0 Å². The molecule has 1 N–H and O–H groups in total. The second-order valence-corrected chi connectivity index (χ2v) is 5.80. The van der Waals surface area contributed by atoms with Crippen LogP contribution in [-0.4, -0.2) is 74.5 Å². The number of para-hydroxylation sites is 2. The molecule has 0 radical (unpaired) electrons. The summed E-state index contributed by atoms with van der Waals surface area (Å²) in [5.74, 6) is 1.52. The zero-order valence-electron chi connectivity index (χ0n) is 13.2. The number of benzene rings is 1. The molecular weight excluding hydrogens is 268 g/mol. The van der Waals surface area contributed by atoms with Gasteiger partial charge in [-0.25, -0.2) is 0 Å². The first kappa shape index (κ1) is 16.1. The van der Waals surface area contributed by atoms with E-state index in [1.807, 2.05) is 24.3 Å². The molecule has 0 spiro atoms. The molecule has 5 heteroatoms.